The zero-order chi connectivity index (χ0) is 26.6. The third kappa shape index (κ3) is 4.57. The van der Waals surface area contributed by atoms with E-state index in [2.05, 4.69) is 5.32 Å². The predicted molar refractivity (Wildman–Crippen MR) is 105 cm³/mol. The number of fused-ring (bicyclic) bond motifs is 1. The van der Waals surface area contributed by atoms with Crippen molar-refractivity contribution in [2.24, 2.45) is 0 Å². The van der Waals surface area contributed by atoms with E-state index in [9.17, 15) is 53.8 Å². The maximum absolute atomic E-state index is 14.3. The highest BCUT2D eigenvalue weighted by molar-refractivity contribution is 7.90. The first-order valence-corrected chi connectivity index (χ1v) is 11.3. The molecule has 7 nitrogen and oxygen atoms in total. The Labute approximate surface area is 193 Å². The molecule has 1 atom stereocenters. The second-order valence-corrected chi connectivity index (χ2v) is 9.72. The van der Waals surface area contributed by atoms with Gasteiger partial charge in [0.15, 0.2) is 9.84 Å². The normalized spacial score (nSPS) is 16.7. The number of amides is 2. The molecule has 0 bridgehead atoms. The van der Waals surface area contributed by atoms with Crippen LogP contribution in [0.15, 0.2) is 41.3 Å². The molecule has 1 heterocycles. The van der Waals surface area contributed by atoms with Gasteiger partial charge >= 0.3 is 12.4 Å². The Hall–Kier alpha value is -3.20. The number of nitrogens with zero attached hydrogens (tertiary/aromatic N) is 1. The number of aliphatic hydroxyl groups is 1. The Morgan fingerprint density at radius 3 is 2.17 bits per heavy atom. The molecular weight excluding hydrogens is 513 g/mol. The van der Waals surface area contributed by atoms with E-state index in [0.29, 0.717) is 11.6 Å². The number of anilines is 1. The van der Waals surface area contributed by atoms with Crippen LogP contribution in [0.1, 0.15) is 22.7 Å². The lowest BCUT2D eigenvalue weighted by Crippen LogP contribution is -2.54. The molecule has 0 fully saturated rings. The lowest BCUT2D eigenvalue weighted by atomic mass is 9.91. The average molecular weight is 528 g/mol. The molecule has 0 aliphatic carbocycles. The van der Waals surface area contributed by atoms with E-state index in [1.807, 2.05) is 0 Å². The maximum atomic E-state index is 14.3. The molecule has 3 rings (SSSR count). The van der Waals surface area contributed by atoms with Crippen LogP contribution in [0.2, 0.25) is 0 Å². The van der Waals surface area contributed by atoms with Gasteiger partial charge in [-0.1, -0.05) is 12.1 Å². The van der Waals surface area contributed by atoms with Crippen LogP contribution in [-0.2, 0) is 31.6 Å². The first-order chi connectivity index (χ1) is 15.9. The summed E-state index contributed by atoms with van der Waals surface area (Å²) in [5, 5.41) is 11.5. The van der Waals surface area contributed by atoms with Gasteiger partial charge in [-0.15, -0.1) is 0 Å². The monoisotopic (exact) mass is 528 g/mol. The number of hydrogen-bond acceptors (Lipinski definition) is 5. The van der Waals surface area contributed by atoms with E-state index in [1.165, 1.54) is 18.2 Å². The number of rotatable bonds is 5. The Balaban J connectivity index is 1.94. The van der Waals surface area contributed by atoms with Gasteiger partial charge in [-0.3, -0.25) is 9.59 Å². The van der Waals surface area contributed by atoms with Gasteiger partial charge in [0, 0.05) is 24.1 Å². The van der Waals surface area contributed by atoms with Gasteiger partial charge in [-0.2, -0.15) is 26.3 Å². The van der Waals surface area contributed by atoms with Crippen LogP contribution >= 0.6 is 0 Å². The number of benzene rings is 2. The highest BCUT2D eigenvalue weighted by Crippen LogP contribution is 2.50. The lowest BCUT2D eigenvalue weighted by molar-refractivity contribution is -0.377. The Bertz CT molecular complexity index is 1280. The number of alkyl halides is 6. The van der Waals surface area contributed by atoms with Gasteiger partial charge in [-0.25, -0.2) is 12.8 Å². The molecule has 0 radical (unpaired) electrons. The van der Waals surface area contributed by atoms with Crippen LogP contribution in [0, 0.1) is 5.82 Å². The van der Waals surface area contributed by atoms with Gasteiger partial charge in [0.05, 0.1) is 4.90 Å². The topological polar surface area (TPSA) is 104 Å². The summed E-state index contributed by atoms with van der Waals surface area (Å²) in [6.07, 6.45) is -11.4. The molecule has 1 aliphatic rings. The summed E-state index contributed by atoms with van der Waals surface area (Å²) in [7, 11) is -3.61. The molecule has 0 saturated carbocycles. The summed E-state index contributed by atoms with van der Waals surface area (Å²) in [5.74, 6) is -3.10. The number of nitrogens with one attached hydrogen (secondary N) is 1. The van der Waals surface area contributed by atoms with E-state index in [1.54, 1.807) is 0 Å². The minimum atomic E-state index is -6.31. The molecule has 0 aromatic heterocycles. The smallest absolute Gasteiger partial charge is 0.369 e. The molecule has 1 aliphatic heterocycles. The molecule has 0 saturated heterocycles. The third-order valence-corrected chi connectivity index (χ3v) is 6.46. The van der Waals surface area contributed by atoms with Crippen molar-refractivity contribution in [1.29, 1.82) is 0 Å². The van der Waals surface area contributed by atoms with E-state index in [4.69, 9.17) is 0 Å². The fourth-order valence-corrected chi connectivity index (χ4v) is 4.31. The van der Waals surface area contributed by atoms with Crippen molar-refractivity contribution >= 4 is 27.8 Å². The third-order valence-electron chi connectivity index (χ3n) is 5.35. The number of hydrogen-bond donors (Lipinski definition) is 2. The number of halogens is 7. The predicted octanol–water partition coefficient (Wildman–Crippen LogP) is 3.19. The second kappa shape index (κ2) is 8.48. The van der Waals surface area contributed by atoms with Crippen LogP contribution in [0.3, 0.4) is 0 Å². The quantitative estimate of drug-likeness (QED) is 0.459. The molecule has 2 amide bonds. The number of carbonyl (C=O) groups excluding carboxylic acids is 2. The summed E-state index contributed by atoms with van der Waals surface area (Å²) < 4.78 is 116. The van der Waals surface area contributed by atoms with Gasteiger partial charge in [0.25, 0.3) is 11.5 Å². The lowest BCUT2D eigenvalue weighted by Gasteiger charge is -2.33. The molecule has 15 heteroatoms. The van der Waals surface area contributed by atoms with Gasteiger partial charge in [0.2, 0.25) is 6.41 Å². The zero-order valence-electron chi connectivity index (χ0n) is 17.4. The van der Waals surface area contributed by atoms with Crippen molar-refractivity contribution in [2.75, 3.05) is 11.6 Å². The molecule has 0 spiro atoms. The molecule has 2 aromatic rings. The molecular formula is C20H15F7N2O5S. The van der Waals surface area contributed by atoms with Crippen molar-refractivity contribution in [3.8, 4) is 0 Å². The van der Waals surface area contributed by atoms with Crippen LogP contribution in [0.5, 0.6) is 0 Å². The van der Waals surface area contributed by atoms with E-state index >= 15 is 0 Å². The Kier molecular flexibility index (Phi) is 6.40. The zero-order valence-corrected chi connectivity index (χ0v) is 18.2. The molecule has 35 heavy (non-hydrogen) atoms. The fraction of sp³-hybridized carbons (Fsp3) is 0.300. The minimum absolute atomic E-state index is 0.0321. The number of sulfone groups is 1. The number of carbonyl (C=O) groups is 2. The Morgan fingerprint density at radius 1 is 1.09 bits per heavy atom. The first kappa shape index (κ1) is 26.4. The standard InChI is InChI=1S/C20H15F7N2O5S/c1-35(33,34)12-3-4-13-10(6-12)8-29(9-30)16(13)17(31)28-11-2-5-14(15(21)7-11)18(32,19(22,23)24)20(25,26)27/h2-7,9,16,32H,8H2,1H3,(H,28,31). The molecule has 190 valence electrons. The highest BCUT2D eigenvalue weighted by atomic mass is 32.2. The van der Waals surface area contributed by atoms with Crippen LogP contribution in [0.4, 0.5) is 36.4 Å². The van der Waals surface area contributed by atoms with Crippen molar-refractivity contribution in [3.63, 3.8) is 0 Å². The second-order valence-electron chi connectivity index (χ2n) is 7.70. The molecule has 2 N–H and O–H groups in total. The van der Waals surface area contributed by atoms with Crippen molar-refractivity contribution in [1.82, 2.24) is 4.90 Å². The minimum Gasteiger partial charge on any atom is -0.369 e. The van der Waals surface area contributed by atoms with Crippen molar-refractivity contribution < 1.29 is 53.8 Å². The maximum Gasteiger partial charge on any atom is 0.430 e. The van der Waals surface area contributed by atoms with Crippen LogP contribution in [-0.4, -0.2) is 49.3 Å². The van der Waals surface area contributed by atoms with Crippen molar-refractivity contribution in [3.05, 3.63) is 58.9 Å². The van der Waals surface area contributed by atoms with Gasteiger partial charge < -0.3 is 15.3 Å². The summed E-state index contributed by atoms with van der Waals surface area (Å²) in [5.41, 5.74) is -7.66. The largest absolute Gasteiger partial charge is 0.430 e. The fourth-order valence-electron chi connectivity index (χ4n) is 3.64. The van der Waals surface area contributed by atoms with Crippen molar-refractivity contribution in [2.45, 2.75) is 35.4 Å². The van der Waals surface area contributed by atoms with Gasteiger partial charge in [-0.05, 0) is 35.4 Å². The molecule has 1 unspecified atom stereocenters. The summed E-state index contributed by atoms with van der Waals surface area (Å²) >= 11 is 0. The first-order valence-electron chi connectivity index (χ1n) is 9.42. The van der Waals surface area contributed by atoms with E-state index in [0.717, 1.165) is 11.2 Å². The van der Waals surface area contributed by atoms with Gasteiger partial charge in [0.1, 0.15) is 11.9 Å². The van der Waals surface area contributed by atoms with E-state index < -0.39 is 56.8 Å². The van der Waals surface area contributed by atoms with Crippen LogP contribution < -0.4 is 5.32 Å². The summed E-state index contributed by atoms with van der Waals surface area (Å²) in [4.78, 5) is 25.1. The average Bonchev–Trinajstić information content (AvgIpc) is 3.09. The summed E-state index contributed by atoms with van der Waals surface area (Å²) in [6.45, 7) is -0.169. The summed E-state index contributed by atoms with van der Waals surface area (Å²) in [6, 6.07) is 3.07. The molecule has 2 aromatic carbocycles. The Morgan fingerprint density at radius 2 is 1.69 bits per heavy atom. The van der Waals surface area contributed by atoms with E-state index in [-0.39, 0.29) is 35.5 Å². The SMILES string of the molecule is CS(=O)(=O)c1ccc2c(c1)CN(C=O)C2C(=O)Nc1ccc(C(O)(C(F)(F)F)C(F)(F)F)c(F)c1. The highest BCUT2D eigenvalue weighted by Gasteiger charge is 2.72. The van der Waals surface area contributed by atoms with Crippen LogP contribution in [0.25, 0.3) is 0 Å².